The van der Waals surface area contributed by atoms with E-state index < -0.39 is 16.1 Å². The van der Waals surface area contributed by atoms with E-state index in [1.165, 1.54) is 13.8 Å². The van der Waals surface area contributed by atoms with Crippen molar-refractivity contribution in [2.24, 2.45) is 0 Å². The number of ketones is 1. The van der Waals surface area contributed by atoms with Crippen molar-refractivity contribution in [1.82, 2.24) is 0 Å². The normalized spacial score (nSPS) is 16.3. The summed E-state index contributed by atoms with van der Waals surface area (Å²) in [6.07, 6.45) is 0. The van der Waals surface area contributed by atoms with E-state index in [1.54, 1.807) is 0 Å². The Bertz CT molecular complexity index is 134. The molecule has 0 aromatic heterocycles. The molecule has 0 saturated carbocycles. The van der Waals surface area contributed by atoms with Gasteiger partial charge in [-0.05, 0) is 13.8 Å². The lowest BCUT2D eigenvalue weighted by molar-refractivity contribution is -0.142. The van der Waals surface area contributed by atoms with Gasteiger partial charge in [-0.25, -0.2) is 0 Å². The van der Waals surface area contributed by atoms with E-state index in [9.17, 15) is 9.59 Å². The molecular formula is C5H7BrO3. The summed E-state index contributed by atoms with van der Waals surface area (Å²) in [6.45, 7) is 2.53. The van der Waals surface area contributed by atoms with Gasteiger partial charge in [0.05, 0.1) is 0 Å². The molecular weight excluding hydrogens is 188 g/mol. The van der Waals surface area contributed by atoms with Gasteiger partial charge < -0.3 is 5.11 Å². The molecule has 0 aliphatic rings. The molecule has 0 heterocycles. The SMILES string of the molecule is CC(=O)C(C)(Br)C(=O)O. The minimum absolute atomic E-state index is 0.407. The zero-order valence-corrected chi connectivity index (χ0v) is 6.73. The van der Waals surface area contributed by atoms with E-state index in [-0.39, 0.29) is 0 Å². The molecule has 0 spiro atoms. The number of carbonyl (C=O) groups is 2. The Morgan fingerprint density at radius 2 is 1.89 bits per heavy atom. The van der Waals surface area contributed by atoms with Crippen molar-refractivity contribution in [3.63, 3.8) is 0 Å². The van der Waals surface area contributed by atoms with Crippen LogP contribution < -0.4 is 0 Å². The highest BCUT2D eigenvalue weighted by atomic mass is 79.9. The maximum atomic E-state index is 10.5. The summed E-state index contributed by atoms with van der Waals surface area (Å²) in [5.41, 5.74) is 0. The summed E-state index contributed by atoms with van der Waals surface area (Å²) >= 11 is 2.76. The van der Waals surface area contributed by atoms with Gasteiger partial charge >= 0.3 is 5.97 Å². The maximum Gasteiger partial charge on any atom is 0.327 e. The highest BCUT2D eigenvalue weighted by Gasteiger charge is 2.34. The Hall–Kier alpha value is -0.380. The number of carbonyl (C=O) groups excluding carboxylic acids is 1. The third-order valence-electron chi connectivity index (χ3n) is 1.06. The largest absolute Gasteiger partial charge is 0.480 e. The van der Waals surface area contributed by atoms with Gasteiger partial charge in [0.1, 0.15) is 0 Å². The molecule has 0 aromatic carbocycles. The molecule has 3 nitrogen and oxygen atoms in total. The zero-order chi connectivity index (χ0) is 7.65. The third-order valence-corrected chi connectivity index (χ3v) is 1.96. The lowest BCUT2D eigenvalue weighted by Gasteiger charge is -2.10. The second-order valence-corrected chi connectivity index (χ2v) is 3.45. The Balaban J connectivity index is 4.38. The molecule has 0 saturated heterocycles. The molecule has 0 fully saturated rings. The lowest BCUT2D eigenvalue weighted by Crippen LogP contribution is -2.35. The molecule has 0 aliphatic carbocycles. The number of alkyl halides is 1. The fourth-order valence-electron chi connectivity index (χ4n) is 0.151. The minimum Gasteiger partial charge on any atom is -0.480 e. The topological polar surface area (TPSA) is 54.4 Å². The highest BCUT2D eigenvalue weighted by molar-refractivity contribution is 9.10. The van der Waals surface area contributed by atoms with Gasteiger partial charge in [-0.15, -0.1) is 0 Å². The second kappa shape index (κ2) is 2.47. The summed E-state index contributed by atoms with van der Waals surface area (Å²) in [5, 5.41) is 8.34. The van der Waals surface area contributed by atoms with Gasteiger partial charge in [0.15, 0.2) is 10.1 Å². The van der Waals surface area contributed by atoms with E-state index in [1.807, 2.05) is 0 Å². The third kappa shape index (κ3) is 1.78. The van der Waals surface area contributed by atoms with Crippen LogP contribution in [0.4, 0.5) is 0 Å². The van der Waals surface area contributed by atoms with Gasteiger partial charge in [-0.1, -0.05) is 15.9 Å². The van der Waals surface area contributed by atoms with Crippen molar-refractivity contribution in [2.45, 2.75) is 18.2 Å². The second-order valence-electron chi connectivity index (χ2n) is 1.86. The van der Waals surface area contributed by atoms with E-state index in [2.05, 4.69) is 15.9 Å². The number of halogens is 1. The van der Waals surface area contributed by atoms with Crippen LogP contribution in [0.25, 0.3) is 0 Å². The predicted molar refractivity (Wildman–Crippen MR) is 35.6 cm³/mol. The first-order valence-corrected chi connectivity index (χ1v) is 3.11. The minimum atomic E-state index is -1.41. The van der Waals surface area contributed by atoms with E-state index >= 15 is 0 Å². The average Bonchev–Trinajstić information content (AvgIpc) is 1.65. The number of carboxylic acids is 1. The zero-order valence-electron chi connectivity index (χ0n) is 5.14. The Morgan fingerprint density at radius 3 is 1.89 bits per heavy atom. The Labute approximate surface area is 61.2 Å². The number of aliphatic carboxylic acids is 1. The fraction of sp³-hybridized carbons (Fsp3) is 0.600. The van der Waals surface area contributed by atoms with Crippen LogP contribution in [0.2, 0.25) is 0 Å². The standard InChI is InChI=1S/C5H7BrO3/c1-3(7)5(2,6)4(8)9/h1-2H3,(H,8,9). The predicted octanol–water partition coefficient (Wildman–Crippen LogP) is 0.814. The summed E-state index contributed by atoms with van der Waals surface area (Å²) < 4.78 is -1.41. The van der Waals surface area contributed by atoms with Crippen molar-refractivity contribution in [3.05, 3.63) is 0 Å². The van der Waals surface area contributed by atoms with Crippen molar-refractivity contribution in [2.75, 3.05) is 0 Å². The summed E-state index contributed by atoms with van der Waals surface area (Å²) in [5.74, 6) is -1.56. The Morgan fingerprint density at radius 1 is 1.56 bits per heavy atom. The summed E-state index contributed by atoms with van der Waals surface area (Å²) in [6, 6.07) is 0. The van der Waals surface area contributed by atoms with Gasteiger partial charge in [0.2, 0.25) is 0 Å². The first-order valence-electron chi connectivity index (χ1n) is 2.32. The number of Topliss-reactive ketones (excluding diaryl/α,β-unsaturated/α-hetero) is 1. The van der Waals surface area contributed by atoms with Crippen LogP contribution in [-0.4, -0.2) is 21.2 Å². The van der Waals surface area contributed by atoms with Crippen LogP contribution in [0.5, 0.6) is 0 Å². The van der Waals surface area contributed by atoms with Gasteiger partial charge in [-0.3, -0.25) is 9.59 Å². The van der Waals surface area contributed by atoms with Crippen LogP contribution >= 0.6 is 15.9 Å². The monoisotopic (exact) mass is 194 g/mol. The molecule has 0 amide bonds. The van der Waals surface area contributed by atoms with Crippen LogP contribution in [-0.2, 0) is 9.59 Å². The fourth-order valence-corrected chi connectivity index (χ4v) is 0.151. The van der Waals surface area contributed by atoms with Crippen molar-refractivity contribution in [1.29, 1.82) is 0 Å². The quantitative estimate of drug-likeness (QED) is 0.524. The van der Waals surface area contributed by atoms with Crippen molar-refractivity contribution >= 4 is 27.7 Å². The number of hydrogen-bond donors (Lipinski definition) is 1. The number of hydrogen-bond acceptors (Lipinski definition) is 2. The summed E-state index contributed by atoms with van der Waals surface area (Å²) in [7, 11) is 0. The van der Waals surface area contributed by atoms with Crippen LogP contribution in [0, 0.1) is 0 Å². The molecule has 0 rings (SSSR count). The van der Waals surface area contributed by atoms with E-state index in [0.29, 0.717) is 0 Å². The van der Waals surface area contributed by atoms with Crippen molar-refractivity contribution in [3.8, 4) is 0 Å². The molecule has 1 unspecified atom stereocenters. The average molecular weight is 195 g/mol. The molecule has 52 valence electrons. The molecule has 1 atom stereocenters. The first kappa shape index (κ1) is 8.62. The van der Waals surface area contributed by atoms with E-state index in [4.69, 9.17) is 5.11 Å². The molecule has 9 heavy (non-hydrogen) atoms. The van der Waals surface area contributed by atoms with Gasteiger partial charge in [0, 0.05) is 0 Å². The number of rotatable bonds is 2. The molecule has 0 aromatic rings. The number of carboxylic acid groups (broad SMARTS) is 1. The summed E-state index contributed by atoms with van der Waals surface area (Å²) in [4.78, 5) is 20.7. The van der Waals surface area contributed by atoms with Gasteiger partial charge in [0.25, 0.3) is 0 Å². The van der Waals surface area contributed by atoms with Crippen LogP contribution in [0.1, 0.15) is 13.8 Å². The first-order chi connectivity index (χ1) is 3.89. The van der Waals surface area contributed by atoms with Crippen molar-refractivity contribution < 1.29 is 14.7 Å². The molecule has 1 N–H and O–H groups in total. The smallest absolute Gasteiger partial charge is 0.327 e. The molecule has 0 bridgehead atoms. The lowest BCUT2D eigenvalue weighted by atomic mass is 10.1. The molecule has 4 heteroatoms. The maximum absolute atomic E-state index is 10.5. The van der Waals surface area contributed by atoms with E-state index in [0.717, 1.165) is 0 Å². The van der Waals surface area contributed by atoms with Crippen LogP contribution in [0.15, 0.2) is 0 Å². The molecule has 0 aliphatic heterocycles. The highest BCUT2D eigenvalue weighted by Crippen LogP contribution is 2.17. The molecule has 0 radical (unpaired) electrons. The van der Waals surface area contributed by atoms with Gasteiger partial charge in [-0.2, -0.15) is 0 Å². The Kier molecular flexibility index (Phi) is 2.37. The van der Waals surface area contributed by atoms with Crippen LogP contribution in [0.3, 0.4) is 0 Å².